The van der Waals surface area contributed by atoms with Gasteiger partial charge in [0.05, 0.1) is 10.6 Å². The van der Waals surface area contributed by atoms with Crippen molar-refractivity contribution in [1.82, 2.24) is 24.7 Å². The Labute approximate surface area is 193 Å². The number of sulfonamides is 1. The highest BCUT2D eigenvalue weighted by Gasteiger charge is 2.25. The summed E-state index contributed by atoms with van der Waals surface area (Å²) in [5.41, 5.74) is -0.308. The normalized spacial score (nSPS) is 11.8. The molecule has 0 saturated heterocycles. The minimum atomic E-state index is -3.92. The zero-order valence-corrected chi connectivity index (χ0v) is 19.8. The van der Waals surface area contributed by atoms with Crippen LogP contribution in [0.3, 0.4) is 0 Å². The monoisotopic (exact) mass is 509 g/mol. The number of hydrogen-bond donors (Lipinski definition) is 4. The van der Waals surface area contributed by atoms with Crippen LogP contribution in [0.4, 0.5) is 0 Å². The van der Waals surface area contributed by atoms with Gasteiger partial charge in [-0.1, -0.05) is 0 Å². The Kier molecular flexibility index (Phi) is 6.99. The maximum Gasteiger partial charge on any atom is 0.270 e. The Morgan fingerprint density at radius 1 is 1.09 bits per heavy atom. The fraction of sp³-hybridized carbons (Fsp3) is 0.111. The molecular formula is C18H19N7O5S3. The molecule has 3 rings (SSSR count). The van der Waals surface area contributed by atoms with E-state index in [0.717, 1.165) is 10.8 Å². The highest BCUT2D eigenvalue weighted by molar-refractivity contribution is 8.71. The van der Waals surface area contributed by atoms with E-state index in [9.17, 15) is 21.6 Å². The average Bonchev–Trinajstić information content (AvgIpc) is 2.78. The number of nitrogens with one attached hydrogen (secondary N) is 3. The Balaban J connectivity index is 2.39. The lowest BCUT2D eigenvalue weighted by molar-refractivity contribution is 0.584. The fourth-order valence-electron chi connectivity index (χ4n) is 2.82. The molecule has 0 bridgehead atoms. The van der Waals surface area contributed by atoms with Gasteiger partial charge in [-0.3, -0.25) is 25.6 Å². The van der Waals surface area contributed by atoms with E-state index in [4.69, 9.17) is 11.3 Å². The van der Waals surface area contributed by atoms with Gasteiger partial charge in [0, 0.05) is 42.1 Å². The topological polar surface area (TPSA) is 190 Å². The van der Waals surface area contributed by atoms with Crippen molar-refractivity contribution in [2.24, 2.45) is 5.84 Å². The van der Waals surface area contributed by atoms with Gasteiger partial charge in [0.1, 0.15) is 22.2 Å². The molecule has 33 heavy (non-hydrogen) atoms. The van der Waals surface area contributed by atoms with E-state index in [1.807, 2.05) is 0 Å². The molecule has 0 spiro atoms. The number of pyridine rings is 1. The predicted molar refractivity (Wildman–Crippen MR) is 124 cm³/mol. The van der Waals surface area contributed by atoms with Gasteiger partial charge < -0.3 is 5.32 Å². The molecule has 1 aromatic carbocycles. The molecule has 0 fully saturated rings. The van der Waals surface area contributed by atoms with E-state index in [0.29, 0.717) is 16.4 Å². The van der Waals surface area contributed by atoms with Crippen molar-refractivity contribution in [3.8, 4) is 17.1 Å². The van der Waals surface area contributed by atoms with Crippen molar-refractivity contribution >= 4 is 35.5 Å². The first-order valence-corrected chi connectivity index (χ1v) is 13.8. The first-order valence-electron chi connectivity index (χ1n) is 9.05. The smallest absolute Gasteiger partial charge is 0.270 e. The molecule has 0 aliphatic heterocycles. The molecule has 15 heteroatoms. The van der Waals surface area contributed by atoms with Crippen LogP contribution in [0.5, 0.6) is 0 Å². The maximum atomic E-state index is 13.6. The van der Waals surface area contributed by atoms with Gasteiger partial charge in [0.25, 0.3) is 15.6 Å². The lowest BCUT2D eigenvalue weighted by Crippen LogP contribution is -2.34. The molecular weight excluding hydrogens is 490 g/mol. The van der Waals surface area contributed by atoms with E-state index >= 15 is 0 Å². The molecule has 2 aromatic heterocycles. The van der Waals surface area contributed by atoms with Gasteiger partial charge in [-0.05, 0) is 36.4 Å². The number of nitrogens with zero attached hydrogens (tertiary/aromatic N) is 3. The largest absolute Gasteiger partial charge is 0.373 e. The van der Waals surface area contributed by atoms with Crippen molar-refractivity contribution in [3.63, 3.8) is 0 Å². The summed E-state index contributed by atoms with van der Waals surface area (Å²) in [6, 6.07) is 8.38. The maximum absolute atomic E-state index is 13.6. The Hall–Kier alpha value is -3.11. The third-order valence-electron chi connectivity index (χ3n) is 4.28. The second kappa shape index (κ2) is 9.40. The minimum Gasteiger partial charge on any atom is -0.373 e. The van der Waals surface area contributed by atoms with Crippen LogP contribution in [0.1, 0.15) is 5.56 Å². The molecule has 2 heterocycles. The van der Waals surface area contributed by atoms with Crippen LogP contribution in [0.15, 0.2) is 63.5 Å². The van der Waals surface area contributed by atoms with E-state index in [1.54, 1.807) is 17.0 Å². The lowest BCUT2D eigenvalue weighted by atomic mass is 10.2. The van der Waals surface area contributed by atoms with Gasteiger partial charge in [-0.2, -0.15) is 4.83 Å². The molecule has 0 amide bonds. The van der Waals surface area contributed by atoms with Gasteiger partial charge in [-0.25, -0.2) is 21.8 Å². The zero-order valence-electron chi connectivity index (χ0n) is 17.3. The number of rotatable bonds is 7. The fourth-order valence-corrected chi connectivity index (χ4v) is 5.36. The third kappa shape index (κ3) is 5.28. The standard InChI is InChI=1S/C18H19N7O5S3/c1-21-15(19)14-17(31-32(2,27)28)23-16(11-7-9-22-10-8-11)25(18(14)26)12-3-5-13(6-4-12)33(29,30)24-20/h3-10,24H,20H2,1-2H3,(H2,19,21). The summed E-state index contributed by atoms with van der Waals surface area (Å²) < 4.78 is 49.0. The quantitative estimate of drug-likeness (QED) is 0.0845. The summed E-state index contributed by atoms with van der Waals surface area (Å²) in [5, 5.41) is 10.5. The number of hydrazine groups is 1. The molecule has 0 unspecified atom stereocenters. The molecule has 0 aliphatic carbocycles. The lowest BCUT2D eigenvalue weighted by Gasteiger charge is -2.17. The van der Waals surface area contributed by atoms with Gasteiger partial charge in [0.15, 0.2) is 0 Å². The Morgan fingerprint density at radius 3 is 2.21 bits per heavy atom. The SMILES string of the molecule is CNC(=N)c1c(SS(C)(=O)=O)nc(-c2ccncc2)n(-c2ccc(S(=O)(=O)NN)cc2)c1=O. The zero-order chi connectivity index (χ0) is 24.4. The second-order valence-corrected chi connectivity index (χ2v) is 12.5. The first-order chi connectivity index (χ1) is 15.5. The van der Waals surface area contributed by atoms with Crippen molar-refractivity contribution in [2.45, 2.75) is 9.92 Å². The molecule has 0 radical (unpaired) electrons. The molecule has 3 aromatic rings. The molecule has 0 atom stereocenters. The molecule has 0 aliphatic rings. The summed E-state index contributed by atoms with van der Waals surface area (Å²) in [7, 11) is -5.83. The summed E-state index contributed by atoms with van der Waals surface area (Å²) >= 11 is 0. The average molecular weight is 510 g/mol. The van der Waals surface area contributed by atoms with Crippen LogP contribution in [0.2, 0.25) is 0 Å². The summed E-state index contributed by atoms with van der Waals surface area (Å²) in [4.78, 5) is 23.5. The van der Waals surface area contributed by atoms with Gasteiger partial charge in [-0.15, -0.1) is 0 Å². The van der Waals surface area contributed by atoms with Crippen LogP contribution < -0.4 is 21.5 Å². The molecule has 12 nitrogen and oxygen atoms in total. The number of benzene rings is 1. The number of nitrogens with two attached hydrogens (primary N) is 1. The number of hydrogen-bond acceptors (Lipinski definition) is 10. The summed E-state index contributed by atoms with van der Waals surface area (Å²) in [6.07, 6.45) is 3.91. The summed E-state index contributed by atoms with van der Waals surface area (Å²) in [5.74, 6) is 4.80. The van der Waals surface area contributed by atoms with E-state index in [2.05, 4.69) is 15.3 Å². The highest BCUT2D eigenvalue weighted by atomic mass is 33.1. The second-order valence-electron chi connectivity index (χ2n) is 6.52. The molecule has 174 valence electrons. The van der Waals surface area contributed by atoms with Crippen LogP contribution in [-0.2, 0) is 18.9 Å². The molecule has 5 N–H and O–H groups in total. The number of amidine groups is 1. The van der Waals surface area contributed by atoms with Crippen molar-refractivity contribution in [3.05, 3.63) is 64.7 Å². The van der Waals surface area contributed by atoms with Crippen LogP contribution in [-0.4, -0.2) is 50.5 Å². The van der Waals surface area contributed by atoms with Crippen molar-refractivity contribution < 1.29 is 16.8 Å². The minimum absolute atomic E-state index is 0.0776. The van der Waals surface area contributed by atoms with Gasteiger partial charge in [0.2, 0.25) is 8.87 Å². The predicted octanol–water partition coefficient (Wildman–Crippen LogP) is 0.0430. The van der Waals surface area contributed by atoms with E-state index in [-0.39, 0.29) is 32.8 Å². The van der Waals surface area contributed by atoms with Crippen LogP contribution >= 0.6 is 10.8 Å². The van der Waals surface area contributed by atoms with E-state index < -0.39 is 24.5 Å². The number of aromatic nitrogens is 3. The Bertz CT molecular complexity index is 1470. The van der Waals surface area contributed by atoms with Crippen LogP contribution in [0, 0.1) is 5.41 Å². The van der Waals surface area contributed by atoms with Gasteiger partial charge >= 0.3 is 0 Å². The van der Waals surface area contributed by atoms with Crippen molar-refractivity contribution in [2.75, 3.05) is 13.3 Å². The molecule has 0 saturated carbocycles. The van der Waals surface area contributed by atoms with Crippen LogP contribution in [0.25, 0.3) is 17.1 Å². The summed E-state index contributed by atoms with van der Waals surface area (Å²) in [6.45, 7) is 0. The third-order valence-corrected chi connectivity index (χ3v) is 7.62. The highest BCUT2D eigenvalue weighted by Crippen LogP contribution is 2.28. The Morgan fingerprint density at radius 2 is 1.70 bits per heavy atom. The van der Waals surface area contributed by atoms with Crippen molar-refractivity contribution in [1.29, 1.82) is 5.41 Å². The first kappa shape index (κ1) is 24.5. The van der Waals surface area contributed by atoms with E-state index in [1.165, 1.54) is 43.7 Å².